The summed E-state index contributed by atoms with van der Waals surface area (Å²) in [5.41, 5.74) is 0.529. The van der Waals surface area contributed by atoms with Crippen LogP contribution in [0.4, 0.5) is 11.5 Å². The Labute approximate surface area is 142 Å². The highest BCUT2D eigenvalue weighted by atomic mass is 16.4. The maximum Gasteiger partial charge on any atom is 0.322 e. The molecule has 0 aliphatic carbocycles. The molecule has 126 valence electrons. The second kappa shape index (κ2) is 6.88. The van der Waals surface area contributed by atoms with Gasteiger partial charge in [0.1, 0.15) is 12.4 Å². The summed E-state index contributed by atoms with van der Waals surface area (Å²) in [6.45, 7) is -0.561. The molecular weight excluding hydrogens is 322 g/mol. The van der Waals surface area contributed by atoms with E-state index in [9.17, 15) is 14.7 Å². The third kappa shape index (κ3) is 3.50. The molecule has 25 heavy (non-hydrogen) atoms. The lowest BCUT2D eigenvalue weighted by molar-refractivity contribution is -0.135. The smallest absolute Gasteiger partial charge is 0.322 e. The van der Waals surface area contributed by atoms with Gasteiger partial charge in [0.25, 0.3) is 5.91 Å². The van der Waals surface area contributed by atoms with E-state index in [1.165, 1.54) is 0 Å². The third-order valence-electron chi connectivity index (χ3n) is 3.54. The summed E-state index contributed by atoms with van der Waals surface area (Å²) in [5, 5.41) is 25.5. The van der Waals surface area contributed by atoms with Crippen molar-refractivity contribution in [3.8, 4) is 5.75 Å². The fraction of sp³-hybridized carbons (Fsp3) is 0.0556. The van der Waals surface area contributed by atoms with Gasteiger partial charge in [-0.25, -0.2) is 4.98 Å². The van der Waals surface area contributed by atoms with Gasteiger partial charge in [-0.3, -0.25) is 9.59 Å². The zero-order chi connectivity index (χ0) is 17.8. The number of hydrogen-bond donors (Lipinski definition) is 4. The lowest BCUT2D eigenvalue weighted by Crippen LogP contribution is -2.30. The van der Waals surface area contributed by atoms with Gasteiger partial charge >= 0.3 is 5.97 Å². The lowest BCUT2D eigenvalue weighted by atomic mass is 10.1. The second-order valence-corrected chi connectivity index (χ2v) is 5.27. The molecule has 7 heteroatoms. The van der Waals surface area contributed by atoms with Gasteiger partial charge in [0.2, 0.25) is 0 Å². The van der Waals surface area contributed by atoms with Crippen LogP contribution in [0.1, 0.15) is 10.5 Å². The van der Waals surface area contributed by atoms with Crippen LogP contribution in [-0.2, 0) is 4.79 Å². The van der Waals surface area contributed by atoms with Gasteiger partial charge in [0.15, 0.2) is 11.4 Å². The highest BCUT2D eigenvalue weighted by Crippen LogP contribution is 2.33. The van der Waals surface area contributed by atoms with Gasteiger partial charge in [-0.05, 0) is 12.1 Å². The number of carboxylic acids is 1. The normalized spacial score (nSPS) is 10.4. The summed E-state index contributed by atoms with van der Waals surface area (Å²) in [4.78, 5) is 27.0. The first-order chi connectivity index (χ1) is 12.1. The van der Waals surface area contributed by atoms with Crippen molar-refractivity contribution in [1.29, 1.82) is 0 Å². The Hall–Kier alpha value is -3.61. The number of nitrogens with zero attached hydrogens (tertiary/aromatic N) is 1. The molecule has 0 aliphatic rings. The Morgan fingerprint density at radius 1 is 0.960 bits per heavy atom. The van der Waals surface area contributed by atoms with E-state index in [1.54, 1.807) is 24.3 Å². The van der Waals surface area contributed by atoms with Gasteiger partial charge in [0.05, 0.1) is 0 Å². The van der Waals surface area contributed by atoms with Crippen LogP contribution in [0.25, 0.3) is 10.8 Å². The van der Waals surface area contributed by atoms with Crippen molar-refractivity contribution < 1.29 is 19.8 Å². The number of anilines is 2. The number of para-hydroxylation sites is 1. The first kappa shape index (κ1) is 16.3. The van der Waals surface area contributed by atoms with Crippen molar-refractivity contribution in [3.05, 3.63) is 60.3 Å². The van der Waals surface area contributed by atoms with Crippen molar-refractivity contribution in [2.45, 2.75) is 0 Å². The molecule has 0 unspecified atom stereocenters. The predicted molar refractivity (Wildman–Crippen MR) is 93.1 cm³/mol. The molecule has 3 rings (SSSR count). The highest BCUT2D eigenvalue weighted by Gasteiger charge is 2.19. The molecule has 0 atom stereocenters. The quantitative estimate of drug-likeness (QED) is 0.569. The summed E-state index contributed by atoms with van der Waals surface area (Å²) >= 11 is 0. The number of carbonyl (C=O) groups is 2. The number of carbonyl (C=O) groups excluding carboxylic acids is 1. The average molecular weight is 337 g/mol. The maximum absolute atomic E-state index is 12.2. The highest BCUT2D eigenvalue weighted by molar-refractivity contribution is 6.06. The molecule has 0 bridgehead atoms. The number of pyridine rings is 1. The van der Waals surface area contributed by atoms with E-state index in [2.05, 4.69) is 15.6 Å². The summed E-state index contributed by atoms with van der Waals surface area (Å²) in [5.74, 6) is -1.85. The monoisotopic (exact) mass is 337 g/mol. The van der Waals surface area contributed by atoms with Crippen LogP contribution in [-0.4, -0.2) is 33.6 Å². The predicted octanol–water partition coefficient (Wildman–Crippen LogP) is 2.50. The van der Waals surface area contributed by atoms with E-state index in [4.69, 9.17) is 5.11 Å². The number of fused-ring (bicyclic) bond motifs is 1. The van der Waals surface area contributed by atoms with Crippen molar-refractivity contribution in [3.63, 3.8) is 0 Å². The van der Waals surface area contributed by atoms with Crippen LogP contribution >= 0.6 is 0 Å². The average Bonchev–Trinajstić information content (AvgIpc) is 2.63. The van der Waals surface area contributed by atoms with E-state index < -0.39 is 18.4 Å². The summed E-state index contributed by atoms with van der Waals surface area (Å²) in [7, 11) is 0. The Balaban J connectivity index is 2.07. The molecule has 0 aliphatic heterocycles. The molecule has 1 aromatic heterocycles. The lowest BCUT2D eigenvalue weighted by Gasteiger charge is -2.13. The first-order valence-corrected chi connectivity index (χ1v) is 7.50. The fourth-order valence-electron chi connectivity index (χ4n) is 2.40. The number of nitrogens with one attached hydrogen (secondary N) is 2. The molecule has 0 fully saturated rings. The fourth-order valence-corrected chi connectivity index (χ4v) is 2.40. The van der Waals surface area contributed by atoms with Crippen LogP contribution in [0.2, 0.25) is 0 Å². The Morgan fingerprint density at radius 2 is 1.60 bits per heavy atom. The molecule has 1 amide bonds. The van der Waals surface area contributed by atoms with Crippen molar-refractivity contribution in [2.75, 3.05) is 11.9 Å². The maximum atomic E-state index is 12.2. The third-order valence-corrected chi connectivity index (χ3v) is 3.54. The topological polar surface area (TPSA) is 112 Å². The number of rotatable bonds is 5. The molecule has 2 aromatic carbocycles. The molecular formula is C18H15N3O4. The minimum absolute atomic E-state index is 0.238. The summed E-state index contributed by atoms with van der Waals surface area (Å²) in [6.07, 6.45) is 0. The van der Waals surface area contributed by atoms with Gasteiger partial charge in [-0.1, -0.05) is 42.5 Å². The van der Waals surface area contributed by atoms with Crippen LogP contribution in [0.5, 0.6) is 5.75 Å². The van der Waals surface area contributed by atoms with Crippen molar-refractivity contribution >= 4 is 34.2 Å². The first-order valence-electron chi connectivity index (χ1n) is 7.50. The molecule has 0 radical (unpaired) electrons. The van der Waals surface area contributed by atoms with Crippen LogP contribution < -0.4 is 10.6 Å². The number of aliphatic carboxylic acids is 1. The number of benzene rings is 2. The number of hydrogen-bond acceptors (Lipinski definition) is 5. The Kier molecular flexibility index (Phi) is 4.47. The van der Waals surface area contributed by atoms with Crippen LogP contribution in [0.3, 0.4) is 0 Å². The van der Waals surface area contributed by atoms with Crippen LogP contribution in [0.15, 0.2) is 54.6 Å². The number of aromatic nitrogens is 1. The summed E-state index contributed by atoms with van der Waals surface area (Å²) in [6, 6.07) is 16.2. The molecule has 1 heterocycles. The molecule has 4 N–H and O–H groups in total. The second-order valence-electron chi connectivity index (χ2n) is 5.27. The Morgan fingerprint density at radius 3 is 2.28 bits per heavy atom. The van der Waals surface area contributed by atoms with Crippen LogP contribution in [0, 0.1) is 0 Å². The zero-order valence-corrected chi connectivity index (χ0v) is 13.1. The van der Waals surface area contributed by atoms with E-state index in [1.807, 2.05) is 30.3 Å². The van der Waals surface area contributed by atoms with E-state index >= 15 is 0 Å². The SMILES string of the molecule is O=C(O)CNC(=O)c1nc(Nc2ccccc2)c2ccccc2c1O. The number of aromatic hydroxyl groups is 1. The number of carboxylic acid groups (broad SMARTS) is 1. The van der Waals surface area contributed by atoms with Gasteiger partial charge < -0.3 is 20.8 Å². The molecule has 0 spiro atoms. The van der Waals surface area contributed by atoms with Crippen molar-refractivity contribution in [1.82, 2.24) is 10.3 Å². The Bertz CT molecular complexity index is 942. The van der Waals surface area contributed by atoms with Gasteiger partial charge in [-0.15, -0.1) is 0 Å². The van der Waals surface area contributed by atoms with Gasteiger partial charge in [0, 0.05) is 16.5 Å². The zero-order valence-electron chi connectivity index (χ0n) is 13.1. The van der Waals surface area contributed by atoms with E-state index in [-0.39, 0.29) is 11.4 Å². The molecule has 0 saturated heterocycles. The molecule has 0 saturated carbocycles. The summed E-state index contributed by atoms with van der Waals surface area (Å²) < 4.78 is 0. The van der Waals surface area contributed by atoms with E-state index in [0.717, 1.165) is 5.69 Å². The van der Waals surface area contributed by atoms with Crippen molar-refractivity contribution in [2.24, 2.45) is 0 Å². The largest absolute Gasteiger partial charge is 0.505 e. The molecule has 7 nitrogen and oxygen atoms in total. The van der Waals surface area contributed by atoms with E-state index in [0.29, 0.717) is 16.6 Å². The standard InChI is InChI=1S/C18H15N3O4/c22-14(23)10-19-18(25)15-16(24)12-8-4-5-9-13(12)17(21-15)20-11-6-2-1-3-7-11/h1-9,24H,10H2,(H,19,25)(H,20,21)(H,22,23). The number of amides is 1. The molecule has 3 aromatic rings. The minimum atomic E-state index is -1.18. The van der Waals surface area contributed by atoms with Gasteiger partial charge in [-0.2, -0.15) is 0 Å². The minimum Gasteiger partial charge on any atom is -0.505 e.